The third-order valence-electron chi connectivity index (χ3n) is 4.39. The highest BCUT2D eigenvalue weighted by Gasteiger charge is 2.16. The molecule has 3 amide bonds. The number of ether oxygens (including phenoxy) is 1. The van der Waals surface area contributed by atoms with Crippen LogP contribution in [0.25, 0.3) is 6.08 Å². The van der Waals surface area contributed by atoms with Gasteiger partial charge in [0.05, 0.1) is 7.11 Å². The molecule has 7 nitrogen and oxygen atoms in total. The maximum absolute atomic E-state index is 12.5. The fraction of sp³-hybridized carbons (Fsp3) is 0.261. The summed E-state index contributed by atoms with van der Waals surface area (Å²) in [6, 6.07) is 11.6. The van der Waals surface area contributed by atoms with E-state index in [2.05, 4.69) is 16.0 Å². The molecule has 0 radical (unpaired) electrons. The summed E-state index contributed by atoms with van der Waals surface area (Å²) in [4.78, 5) is 36.6. The lowest BCUT2D eigenvalue weighted by Crippen LogP contribution is -2.41. The zero-order chi connectivity index (χ0) is 22.1. The Balaban J connectivity index is 1.96. The average molecular weight is 409 g/mol. The van der Waals surface area contributed by atoms with Crippen molar-refractivity contribution >= 4 is 29.5 Å². The van der Waals surface area contributed by atoms with Crippen LogP contribution in [0.15, 0.2) is 48.5 Å². The molecule has 0 fully saturated rings. The maximum Gasteiger partial charge on any atom is 0.251 e. The fourth-order valence-corrected chi connectivity index (χ4v) is 2.62. The van der Waals surface area contributed by atoms with E-state index in [1.807, 2.05) is 26.0 Å². The van der Waals surface area contributed by atoms with E-state index in [0.29, 0.717) is 17.8 Å². The highest BCUT2D eigenvalue weighted by Crippen LogP contribution is 2.17. The van der Waals surface area contributed by atoms with Gasteiger partial charge in [0, 0.05) is 23.9 Å². The van der Waals surface area contributed by atoms with Crippen molar-refractivity contribution < 1.29 is 19.1 Å². The molecule has 30 heavy (non-hydrogen) atoms. The summed E-state index contributed by atoms with van der Waals surface area (Å²) in [5.41, 5.74) is 2.63. The van der Waals surface area contributed by atoms with E-state index in [9.17, 15) is 14.4 Å². The predicted octanol–water partition coefficient (Wildman–Crippen LogP) is 2.91. The Morgan fingerprint density at radius 1 is 1.10 bits per heavy atom. The lowest BCUT2D eigenvalue weighted by atomic mass is 10.1. The van der Waals surface area contributed by atoms with Crippen LogP contribution in [0.4, 0.5) is 5.69 Å². The van der Waals surface area contributed by atoms with Gasteiger partial charge in [-0.2, -0.15) is 0 Å². The number of hydrogen-bond donors (Lipinski definition) is 3. The Kier molecular flexibility index (Phi) is 8.17. The number of carbonyl (C=O) groups is 3. The molecule has 0 saturated carbocycles. The van der Waals surface area contributed by atoms with Gasteiger partial charge in [-0.05, 0) is 62.2 Å². The van der Waals surface area contributed by atoms with Crippen LogP contribution in [-0.4, -0.2) is 37.4 Å². The molecule has 1 atom stereocenters. The number of hydrogen-bond acceptors (Lipinski definition) is 4. The van der Waals surface area contributed by atoms with E-state index < -0.39 is 6.04 Å². The summed E-state index contributed by atoms with van der Waals surface area (Å²) in [5.74, 6) is -0.245. The Morgan fingerprint density at radius 2 is 1.80 bits per heavy atom. The summed E-state index contributed by atoms with van der Waals surface area (Å²) in [5, 5.41) is 8.12. The number of rotatable bonds is 8. The Morgan fingerprint density at radius 3 is 2.43 bits per heavy atom. The second-order valence-electron chi connectivity index (χ2n) is 6.72. The van der Waals surface area contributed by atoms with Crippen molar-refractivity contribution in [3.8, 4) is 5.75 Å². The third-order valence-corrected chi connectivity index (χ3v) is 4.39. The highest BCUT2D eigenvalue weighted by atomic mass is 16.5. The largest absolute Gasteiger partial charge is 0.497 e. The third kappa shape index (κ3) is 6.48. The standard InChI is InChI=1S/C23H27N3O4/c1-5-24-23(29)18-10-6-15(2)20(14-18)26-22(28)16(3)25-21(27)13-9-17-7-11-19(30-4)12-8-17/h6-14,16H,5H2,1-4H3,(H,24,29)(H,25,27)(H,26,28). The quantitative estimate of drug-likeness (QED) is 0.584. The van der Waals surface area contributed by atoms with Crippen molar-refractivity contribution in [2.75, 3.05) is 19.0 Å². The maximum atomic E-state index is 12.5. The van der Waals surface area contributed by atoms with E-state index in [0.717, 1.165) is 16.9 Å². The molecule has 2 aromatic rings. The summed E-state index contributed by atoms with van der Waals surface area (Å²) in [6.45, 7) is 5.78. The van der Waals surface area contributed by atoms with Gasteiger partial charge < -0.3 is 20.7 Å². The monoisotopic (exact) mass is 409 g/mol. The Bertz CT molecular complexity index is 936. The zero-order valence-electron chi connectivity index (χ0n) is 17.6. The van der Waals surface area contributed by atoms with E-state index in [1.54, 1.807) is 50.4 Å². The number of anilines is 1. The molecule has 0 aromatic heterocycles. The molecule has 2 aromatic carbocycles. The van der Waals surface area contributed by atoms with Crippen molar-refractivity contribution in [1.82, 2.24) is 10.6 Å². The number of nitrogens with one attached hydrogen (secondary N) is 3. The number of amides is 3. The Labute approximate surface area is 176 Å². The van der Waals surface area contributed by atoms with Gasteiger partial charge in [-0.25, -0.2) is 0 Å². The summed E-state index contributed by atoms with van der Waals surface area (Å²) < 4.78 is 5.09. The summed E-state index contributed by atoms with van der Waals surface area (Å²) in [7, 11) is 1.59. The van der Waals surface area contributed by atoms with Gasteiger partial charge in [0.15, 0.2) is 0 Å². The lowest BCUT2D eigenvalue weighted by molar-refractivity contribution is -0.123. The first-order chi connectivity index (χ1) is 14.3. The van der Waals surface area contributed by atoms with Crippen molar-refractivity contribution in [3.63, 3.8) is 0 Å². The molecule has 3 N–H and O–H groups in total. The topological polar surface area (TPSA) is 96.5 Å². The first kappa shape index (κ1) is 22.7. The minimum absolute atomic E-state index is 0.210. The van der Waals surface area contributed by atoms with Crippen molar-refractivity contribution in [3.05, 3.63) is 65.2 Å². The molecule has 2 rings (SSSR count). The van der Waals surface area contributed by atoms with Gasteiger partial charge in [-0.3, -0.25) is 14.4 Å². The molecular weight excluding hydrogens is 382 g/mol. The molecule has 0 bridgehead atoms. The van der Waals surface area contributed by atoms with Crippen molar-refractivity contribution in [2.45, 2.75) is 26.8 Å². The molecule has 0 aliphatic heterocycles. The van der Waals surface area contributed by atoms with Crippen LogP contribution in [0.1, 0.15) is 35.3 Å². The minimum atomic E-state index is -0.759. The molecule has 0 spiro atoms. The number of aryl methyl sites for hydroxylation is 1. The van der Waals surface area contributed by atoms with Gasteiger partial charge in [0.2, 0.25) is 11.8 Å². The van der Waals surface area contributed by atoms with Crippen LogP contribution in [0.3, 0.4) is 0 Å². The van der Waals surface area contributed by atoms with Crippen molar-refractivity contribution in [1.29, 1.82) is 0 Å². The second-order valence-corrected chi connectivity index (χ2v) is 6.72. The fourth-order valence-electron chi connectivity index (χ4n) is 2.62. The van der Waals surface area contributed by atoms with Crippen LogP contribution in [0, 0.1) is 6.92 Å². The molecule has 0 heterocycles. The van der Waals surface area contributed by atoms with Crippen LogP contribution in [-0.2, 0) is 9.59 Å². The molecule has 1 unspecified atom stereocenters. The van der Waals surface area contributed by atoms with Gasteiger partial charge in [-0.1, -0.05) is 18.2 Å². The summed E-state index contributed by atoms with van der Waals surface area (Å²) in [6.07, 6.45) is 3.02. The van der Waals surface area contributed by atoms with E-state index >= 15 is 0 Å². The first-order valence-electron chi connectivity index (χ1n) is 9.66. The SMILES string of the molecule is CCNC(=O)c1ccc(C)c(NC(=O)C(C)NC(=O)C=Cc2ccc(OC)cc2)c1. The number of methoxy groups -OCH3 is 1. The second kappa shape index (κ2) is 10.8. The van der Waals surface area contributed by atoms with E-state index in [4.69, 9.17) is 4.74 Å². The number of carbonyl (C=O) groups excluding carboxylic acids is 3. The molecule has 0 aliphatic carbocycles. The molecule has 158 valence electrons. The minimum Gasteiger partial charge on any atom is -0.497 e. The van der Waals surface area contributed by atoms with E-state index in [1.165, 1.54) is 6.08 Å². The zero-order valence-corrected chi connectivity index (χ0v) is 17.6. The van der Waals surface area contributed by atoms with Crippen LogP contribution in [0.2, 0.25) is 0 Å². The summed E-state index contributed by atoms with van der Waals surface area (Å²) >= 11 is 0. The van der Waals surface area contributed by atoms with Gasteiger partial charge in [0.1, 0.15) is 11.8 Å². The average Bonchev–Trinajstić information content (AvgIpc) is 2.74. The van der Waals surface area contributed by atoms with Crippen LogP contribution < -0.4 is 20.7 Å². The van der Waals surface area contributed by atoms with Crippen LogP contribution >= 0.6 is 0 Å². The molecular formula is C23H27N3O4. The molecule has 0 aliphatic rings. The first-order valence-corrected chi connectivity index (χ1v) is 9.66. The van der Waals surface area contributed by atoms with Crippen LogP contribution in [0.5, 0.6) is 5.75 Å². The van der Waals surface area contributed by atoms with Gasteiger partial charge in [-0.15, -0.1) is 0 Å². The predicted molar refractivity (Wildman–Crippen MR) is 117 cm³/mol. The molecule has 7 heteroatoms. The lowest BCUT2D eigenvalue weighted by Gasteiger charge is -2.15. The number of benzene rings is 2. The highest BCUT2D eigenvalue weighted by molar-refractivity contribution is 6.01. The Hall–Kier alpha value is -3.61. The normalized spacial score (nSPS) is 11.6. The smallest absolute Gasteiger partial charge is 0.251 e. The van der Waals surface area contributed by atoms with E-state index in [-0.39, 0.29) is 17.7 Å². The van der Waals surface area contributed by atoms with Gasteiger partial charge in [0.25, 0.3) is 5.91 Å². The van der Waals surface area contributed by atoms with Crippen molar-refractivity contribution in [2.24, 2.45) is 0 Å². The molecule has 0 saturated heterocycles. The van der Waals surface area contributed by atoms with Gasteiger partial charge >= 0.3 is 0 Å².